The fourth-order valence-electron chi connectivity index (χ4n) is 1.66. The van der Waals surface area contributed by atoms with Crippen LogP contribution in [0.4, 0.5) is 13.2 Å². The van der Waals surface area contributed by atoms with Crippen molar-refractivity contribution in [2.45, 2.75) is 32.0 Å². The van der Waals surface area contributed by atoms with E-state index in [2.05, 4.69) is 10.3 Å². The standard InChI is InChI=1S/C12H17N3O.C2HF3O2/c1-8-3-2-4-11(15-8)12(16)14-7-10(13)9-5-6-9;3-2(4,5)1(6)7/h2-4,9-10H,5-7,13H2,1H3,(H,14,16);(H,6,7). The summed E-state index contributed by atoms with van der Waals surface area (Å²) in [6.45, 7) is 2.41. The summed E-state index contributed by atoms with van der Waals surface area (Å²) in [5.74, 6) is -2.29. The Kier molecular flexibility index (Phi) is 6.49. The molecule has 0 spiro atoms. The lowest BCUT2D eigenvalue weighted by molar-refractivity contribution is -0.192. The SMILES string of the molecule is Cc1cccc(C(=O)NCC(N)C2CC2)n1.O=C(O)C(F)(F)F. The van der Waals surface area contributed by atoms with Crippen molar-refractivity contribution < 1.29 is 27.9 Å². The minimum atomic E-state index is -5.08. The van der Waals surface area contributed by atoms with E-state index < -0.39 is 12.1 Å². The van der Waals surface area contributed by atoms with Gasteiger partial charge in [0.05, 0.1) is 0 Å². The van der Waals surface area contributed by atoms with Crippen LogP contribution in [-0.4, -0.2) is 40.7 Å². The summed E-state index contributed by atoms with van der Waals surface area (Å²) in [7, 11) is 0. The first-order chi connectivity index (χ1) is 10.6. The number of hydrogen-bond donors (Lipinski definition) is 3. The maximum atomic E-state index is 11.7. The Morgan fingerprint density at radius 2 is 2.00 bits per heavy atom. The van der Waals surface area contributed by atoms with Gasteiger partial charge in [0.15, 0.2) is 0 Å². The maximum absolute atomic E-state index is 11.7. The number of nitrogens with two attached hydrogens (primary N) is 1. The molecular weight excluding hydrogens is 315 g/mol. The van der Waals surface area contributed by atoms with Gasteiger partial charge in [-0.2, -0.15) is 13.2 Å². The Morgan fingerprint density at radius 3 is 2.43 bits per heavy atom. The summed E-state index contributed by atoms with van der Waals surface area (Å²) in [4.78, 5) is 24.8. The molecule has 1 atom stereocenters. The van der Waals surface area contributed by atoms with Crippen LogP contribution in [0, 0.1) is 12.8 Å². The zero-order chi connectivity index (χ0) is 17.6. The molecule has 0 saturated heterocycles. The van der Waals surface area contributed by atoms with Crippen LogP contribution in [0.25, 0.3) is 0 Å². The van der Waals surface area contributed by atoms with E-state index in [-0.39, 0.29) is 11.9 Å². The molecule has 1 aliphatic rings. The van der Waals surface area contributed by atoms with Gasteiger partial charge in [-0.15, -0.1) is 0 Å². The molecular formula is C14H18F3N3O3. The fourth-order valence-corrected chi connectivity index (χ4v) is 1.66. The first kappa shape index (κ1) is 18.9. The van der Waals surface area contributed by atoms with E-state index in [9.17, 15) is 18.0 Å². The van der Waals surface area contributed by atoms with Crippen LogP contribution in [0.3, 0.4) is 0 Å². The van der Waals surface area contributed by atoms with Crippen LogP contribution in [0.5, 0.6) is 0 Å². The van der Waals surface area contributed by atoms with Crippen LogP contribution in [0.15, 0.2) is 18.2 Å². The van der Waals surface area contributed by atoms with E-state index in [1.165, 1.54) is 12.8 Å². The van der Waals surface area contributed by atoms with Crippen LogP contribution < -0.4 is 11.1 Å². The molecule has 1 unspecified atom stereocenters. The van der Waals surface area contributed by atoms with Gasteiger partial charge in [-0.25, -0.2) is 9.78 Å². The minimum absolute atomic E-state index is 0.0914. The number of alkyl halides is 3. The Bertz CT molecular complexity index is 560. The zero-order valence-electron chi connectivity index (χ0n) is 12.4. The highest BCUT2D eigenvalue weighted by Gasteiger charge is 2.38. The van der Waals surface area contributed by atoms with Crippen molar-refractivity contribution in [3.8, 4) is 0 Å². The summed E-state index contributed by atoms with van der Waals surface area (Å²) in [5.41, 5.74) is 7.21. The van der Waals surface area contributed by atoms with Gasteiger partial charge in [0, 0.05) is 18.3 Å². The number of nitrogens with one attached hydrogen (secondary N) is 1. The number of amides is 1. The number of aryl methyl sites for hydroxylation is 1. The molecule has 1 aromatic heterocycles. The molecule has 9 heteroatoms. The average Bonchev–Trinajstić information content (AvgIpc) is 3.28. The number of aromatic nitrogens is 1. The third-order valence-corrected chi connectivity index (χ3v) is 3.09. The van der Waals surface area contributed by atoms with Crippen LogP contribution in [-0.2, 0) is 4.79 Å². The van der Waals surface area contributed by atoms with E-state index in [4.69, 9.17) is 15.6 Å². The number of nitrogens with zero attached hydrogens (tertiary/aromatic N) is 1. The van der Waals surface area contributed by atoms with Gasteiger partial charge in [0.2, 0.25) is 0 Å². The number of pyridine rings is 1. The Labute approximate surface area is 130 Å². The van der Waals surface area contributed by atoms with Gasteiger partial charge < -0.3 is 16.2 Å². The molecule has 4 N–H and O–H groups in total. The van der Waals surface area contributed by atoms with Crippen molar-refractivity contribution in [2.24, 2.45) is 11.7 Å². The lowest BCUT2D eigenvalue weighted by Gasteiger charge is -2.11. The lowest BCUT2D eigenvalue weighted by atomic mass is 10.2. The van der Waals surface area contributed by atoms with Gasteiger partial charge in [-0.1, -0.05) is 6.07 Å². The summed E-state index contributed by atoms with van der Waals surface area (Å²) in [6.07, 6.45) is -2.69. The number of hydrogen-bond acceptors (Lipinski definition) is 4. The number of carboxylic acids is 1. The summed E-state index contributed by atoms with van der Waals surface area (Å²) in [6, 6.07) is 5.50. The monoisotopic (exact) mass is 333 g/mol. The molecule has 1 heterocycles. The van der Waals surface area contributed by atoms with E-state index in [1.807, 2.05) is 19.1 Å². The van der Waals surface area contributed by atoms with Gasteiger partial charge in [0.1, 0.15) is 5.69 Å². The quantitative estimate of drug-likeness (QED) is 0.774. The Hall–Kier alpha value is -2.16. The van der Waals surface area contributed by atoms with Crippen molar-refractivity contribution in [3.63, 3.8) is 0 Å². The Morgan fingerprint density at radius 1 is 1.43 bits per heavy atom. The van der Waals surface area contributed by atoms with Crippen molar-refractivity contribution in [3.05, 3.63) is 29.6 Å². The summed E-state index contributed by atoms with van der Waals surface area (Å²) >= 11 is 0. The van der Waals surface area contributed by atoms with E-state index in [1.54, 1.807) is 6.07 Å². The lowest BCUT2D eigenvalue weighted by Crippen LogP contribution is -2.38. The molecule has 0 aliphatic heterocycles. The molecule has 1 aromatic rings. The molecule has 1 saturated carbocycles. The third kappa shape index (κ3) is 7.09. The molecule has 1 amide bonds. The van der Waals surface area contributed by atoms with Crippen LogP contribution in [0.2, 0.25) is 0 Å². The smallest absolute Gasteiger partial charge is 0.475 e. The van der Waals surface area contributed by atoms with Crippen molar-refractivity contribution in [2.75, 3.05) is 6.54 Å². The molecule has 0 radical (unpaired) electrons. The number of carbonyl (C=O) groups excluding carboxylic acids is 1. The highest BCUT2D eigenvalue weighted by atomic mass is 19.4. The number of rotatable bonds is 4. The Balaban J connectivity index is 0.000000322. The minimum Gasteiger partial charge on any atom is -0.475 e. The van der Waals surface area contributed by atoms with E-state index in [0.717, 1.165) is 5.69 Å². The second-order valence-corrected chi connectivity index (χ2v) is 5.18. The van der Waals surface area contributed by atoms with Gasteiger partial charge in [-0.3, -0.25) is 4.79 Å². The van der Waals surface area contributed by atoms with Crippen molar-refractivity contribution >= 4 is 11.9 Å². The number of carbonyl (C=O) groups is 2. The second-order valence-electron chi connectivity index (χ2n) is 5.18. The molecule has 1 fully saturated rings. The first-order valence-corrected chi connectivity index (χ1v) is 6.88. The average molecular weight is 333 g/mol. The summed E-state index contributed by atoms with van der Waals surface area (Å²) in [5, 5.41) is 9.95. The molecule has 2 rings (SSSR count). The third-order valence-electron chi connectivity index (χ3n) is 3.09. The topological polar surface area (TPSA) is 105 Å². The largest absolute Gasteiger partial charge is 0.490 e. The molecule has 1 aliphatic carbocycles. The van der Waals surface area contributed by atoms with Crippen LogP contribution in [0.1, 0.15) is 29.0 Å². The molecule has 0 aromatic carbocycles. The maximum Gasteiger partial charge on any atom is 0.490 e. The fraction of sp³-hybridized carbons (Fsp3) is 0.500. The van der Waals surface area contributed by atoms with E-state index >= 15 is 0 Å². The molecule has 128 valence electrons. The van der Waals surface area contributed by atoms with Gasteiger partial charge in [-0.05, 0) is 37.8 Å². The molecule has 0 bridgehead atoms. The number of aliphatic carboxylic acids is 1. The van der Waals surface area contributed by atoms with Gasteiger partial charge >= 0.3 is 12.1 Å². The normalized spacial score (nSPS) is 15.2. The van der Waals surface area contributed by atoms with E-state index in [0.29, 0.717) is 18.2 Å². The van der Waals surface area contributed by atoms with Crippen LogP contribution >= 0.6 is 0 Å². The predicted octanol–water partition coefficient (Wildman–Crippen LogP) is 1.49. The predicted molar refractivity (Wildman–Crippen MR) is 75.7 cm³/mol. The number of halogens is 3. The molecule has 6 nitrogen and oxygen atoms in total. The summed E-state index contributed by atoms with van der Waals surface area (Å²) < 4.78 is 31.7. The molecule has 23 heavy (non-hydrogen) atoms. The van der Waals surface area contributed by atoms with Gasteiger partial charge in [0.25, 0.3) is 5.91 Å². The first-order valence-electron chi connectivity index (χ1n) is 6.88. The number of carboxylic acid groups (broad SMARTS) is 1. The highest BCUT2D eigenvalue weighted by molar-refractivity contribution is 5.92. The second kappa shape index (κ2) is 7.91. The zero-order valence-corrected chi connectivity index (χ0v) is 12.4. The van der Waals surface area contributed by atoms with Crippen molar-refractivity contribution in [1.29, 1.82) is 0 Å². The highest BCUT2D eigenvalue weighted by Crippen LogP contribution is 2.31. The van der Waals surface area contributed by atoms with Crippen molar-refractivity contribution in [1.82, 2.24) is 10.3 Å².